The van der Waals surface area contributed by atoms with Crippen molar-refractivity contribution in [3.05, 3.63) is 33.3 Å². The average Bonchev–Trinajstić information content (AvgIpc) is 2.40. The van der Waals surface area contributed by atoms with Crippen LogP contribution < -0.4 is 5.32 Å². The van der Waals surface area contributed by atoms with Crippen molar-refractivity contribution in [2.75, 3.05) is 13.1 Å². The first-order valence-electron chi connectivity index (χ1n) is 6.46. The second-order valence-electron chi connectivity index (χ2n) is 4.72. The normalized spacial score (nSPS) is 12.2. The number of nitrogens with zero attached hydrogens (tertiary/aromatic N) is 1. The van der Waals surface area contributed by atoms with E-state index in [0.29, 0.717) is 24.7 Å². The van der Waals surface area contributed by atoms with Gasteiger partial charge < -0.3 is 10.4 Å². The summed E-state index contributed by atoms with van der Waals surface area (Å²) in [4.78, 5) is 23.9. The van der Waals surface area contributed by atoms with E-state index in [1.54, 1.807) is 17.9 Å². The largest absolute Gasteiger partial charge is 0.480 e. The van der Waals surface area contributed by atoms with Gasteiger partial charge in [-0.25, -0.2) is 0 Å². The molecule has 1 unspecified atom stereocenters. The van der Waals surface area contributed by atoms with Gasteiger partial charge in [0.25, 0.3) is 0 Å². The SMILES string of the molecule is CC(=O)NCCN(Cc1ccc(Br)c(Cl)c1)C(C)C(=O)O. The molecule has 0 saturated heterocycles. The van der Waals surface area contributed by atoms with Crippen molar-refractivity contribution in [2.45, 2.75) is 26.4 Å². The lowest BCUT2D eigenvalue weighted by molar-refractivity contribution is -0.142. The lowest BCUT2D eigenvalue weighted by Crippen LogP contribution is -2.42. The van der Waals surface area contributed by atoms with Crippen LogP contribution in [-0.4, -0.2) is 41.0 Å². The number of carbonyl (C=O) groups excluding carboxylic acids is 1. The maximum atomic E-state index is 11.2. The smallest absolute Gasteiger partial charge is 0.320 e. The molecule has 21 heavy (non-hydrogen) atoms. The second-order valence-corrected chi connectivity index (χ2v) is 5.98. The standard InChI is InChI=1S/C14H18BrClN2O3/c1-9(14(20)21)18(6-5-17-10(2)19)8-11-3-4-12(15)13(16)7-11/h3-4,7,9H,5-6,8H2,1-2H3,(H,17,19)(H,20,21). The molecule has 0 radical (unpaired) electrons. The van der Waals surface area contributed by atoms with E-state index in [0.717, 1.165) is 10.0 Å². The van der Waals surface area contributed by atoms with E-state index in [-0.39, 0.29) is 5.91 Å². The van der Waals surface area contributed by atoms with Crippen LogP contribution in [0.5, 0.6) is 0 Å². The van der Waals surface area contributed by atoms with Gasteiger partial charge in [0.05, 0.1) is 5.02 Å². The highest BCUT2D eigenvalue weighted by Crippen LogP contribution is 2.24. The molecule has 0 aliphatic carbocycles. The first-order chi connectivity index (χ1) is 9.81. The molecule has 1 aromatic rings. The number of hydrogen-bond acceptors (Lipinski definition) is 3. The highest BCUT2D eigenvalue weighted by molar-refractivity contribution is 9.10. The zero-order valence-electron chi connectivity index (χ0n) is 11.9. The summed E-state index contributed by atoms with van der Waals surface area (Å²) in [6.07, 6.45) is 0. The molecular weight excluding hydrogens is 360 g/mol. The number of halogens is 2. The average molecular weight is 378 g/mol. The lowest BCUT2D eigenvalue weighted by Gasteiger charge is -2.26. The molecule has 0 aliphatic heterocycles. The van der Waals surface area contributed by atoms with Gasteiger partial charge in [-0.15, -0.1) is 0 Å². The molecule has 5 nitrogen and oxygen atoms in total. The molecule has 1 amide bonds. The monoisotopic (exact) mass is 376 g/mol. The highest BCUT2D eigenvalue weighted by Gasteiger charge is 2.20. The number of carbonyl (C=O) groups is 2. The topological polar surface area (TPSA) is 69.6 Å². The van der Waals surface area contributed by atoms with Crippen molar-refractivity contribution < 1.29 is 14.7 Å². The first kappa shape index (κ1) is 17.9. The molecule has 0 spiro atoms. The molecule has 116 valence electrons. The van der Waals surface area contributed by atoms with E-state index in [1.807, 2.05) is 12.1 Å². The van der Waals surface area contributed by atoms with E-state index in [2.05, 4.69) is 21.2 Å². The summed E-state index contributed by atoms with van der Waals surface area (Å²) < 4.78 is 0.795. The molecule has 0 heterocycles. The molecule has 1 rings (SSSR count). The Morgan fingerprint density at radius 3 is 2.67 bits per heavy atom. The van der Waals surface area contributed by atoms with Gasteiger partial charge in [-0.05, 0) is 40.5 Å². The van der Waals surface area contributed by atoms with Crippen LogP contribution in [0.4, 0.5) is 0 Å². The van der Waals surface area contributed by atoms with Crippen molar-refractivity contribution in [3.63, 3.8) is 0 Å². The molecule has 0 saturated carbocycles. The summed E-state index contributed by atoms with van der Waals surface area (Å²) in [5, 5.41) is 12.4. The number of rotatable bonds is 7. The predicted molar refractivity (Wildman–Crippen MR) is 85.3 cm³/mol. The van der Waals surface area contributed by atoms with Crippen molar-refractivity contribution in [3.8, 4) is 0 Å². The second kappa shape index (κ2) is 8.36. The molecule has 2 N–H and O–H groups in total. The molecule has 0 aromatic heterocycles. The number of benzene rings is 1. The number of aliphatic carboxylic acids is 1. The van der Waals surface area contributed by atoms with Gasteiger partial charge in [-0.2, -0.15) is 0 Å². The summed E-state index contributed by atoms with van der Waals surface area (Å²) in [5.74, 6) is -1.04. The Morgan fingerprint density at radius 1 is 1.48 bits per heavy atom. The Balaban J connectivity index is 2.77. The maximum Gasteiger partial charge on any atom is 0.320 e. The van der Waals surface area contributed by atoms with Crippen molar-refractivity contribution in [2.24, 2.45) is 0 Å². The van der Waals surface area contributed by atoms with Crippen LogP contribution in [-0.2, 0) is 16.1 Å². The van der Waals surface area contributed by atoms with Crippen LogP contribution in [0.2, 0.25) is 5.02 Å². The minimum absolute atomic E-state index is 0.135. The molecular formula is C14H18BrClN2O3. The molecule has 7 heteroatoms. The number of hydrogen-bond donors (Lipinski definition) is 2. The third-order valence-corrected chi connectivity index (χ3v) is 4.28. The van der Waals surface area contributed by atoms with Gasteiger partial charge >= 0.3 is 5.97 Å². The van der Waals surface area contributed by atoms with Crippen LogP contribution in [0.15, 0.2) is 22.7 Å². The molecule has 0 fully saturated rings. The van der Waals surface area contributed by atoms with Crippen LogP contribution in [0.25, 0.3) is 0 Å². The van der Waals surface area contributed by atoms with Crippen molar-refractivity contribution in [1.29, 1.82) is 0 Å². The molecule has 0 aliphatic rings. The van der Waals surface area contributed by atoms with E-state index in [1.165, 1.54) is 6.92 Å². The molecule has 1 atom stereocenters. The minimum atomic E-state index is -0.902. The van der Waals surface area contributed by atoms with Gasteiger partial charge in [0, 0.05) is 31.0 Å². The summed E-state index contributed by atoms with van der Waals surface area (Å²) >= 11 is 9.37. The van der Waals surface area contributed by atoms with Crippen molar-refractivity contribution in [1.82, 2.24) is 10.2 Å². The number of carboxylic acid groups (broad SMARTS) is 1. The Kier molecular flexibility index (Phi) is 7.14. The quantitative estimate of drug-likeness (QED) is 0.766. The lowest BCUT2D eigenvalue weighted by atomic mass is 10.2. The predicted octanol–water partition coefficient (Wildman–Crippen LogP) is 2.51. The van der Waals surface area contributed by atoms with Gasteiger partial charge in [-0.3, -0.25) is 14.5 Å². The molecule has 0 bridgehead atoms. The molecule has 1 aromatic carbocycles. The highest BCUT2D eigenvalue weighted by atomic mass is 79.9. The Bertz CT molecular complexity index is 525. The minimum Gasteiger partial charge on any atom is -0.480 e. The number of nitrogens with one attached hydrogen (secondary N) is 1. The van der Waals surface area contributed by atoms with Crippen LogP contribution in [0.1, 0.15) is 19.4 Å². The zero-order chi connectivity index (χ0) is 16.0. The number of amides is 1. The number of carboxylic acids is 1. The fourth-order valence-corrected chi connectivity index (χ4v) is 2.26. The van der Waals surface area contributed by atoms with Crippen LogP contribution >= 0.6 is 27.5 Å². The van der Waals surface area contributed by atoms with E-state index >= 15 is 0 Å². The van der Waals surface area contributed by atoms with Gasteiger partial charge in [0.1, 0.15) is 6.04 Å². The Labute approximate surface area is 137 Å². The van der Waals surface area contributed by atoms with Gasteiger partial charge in [0.2, 0.25) is 5.91 Å². The Morgan fingerprint density at radius 2 is 2.14 bits per heavy atom. The summed E-state index contributed by atoms with van der Waals surface area (Å²) in [5.41, 5.74) is 0.916. The van der Waals surface area contributed by atoms with Gasteiger partial charge in [0.15, 0.2) is 0 Å². The van der Waals surface area contributed by atoms with E-state index in [4.69, 9.17) is 11.6 Å². The summed E-state index contributed by atoms with van der Waals surface area (Å²) in [6, 6.07) is 4.86. The van der Waals surface area contributed by atoms with Gasteiger partial charge in [-0.1, -0.05) is 17.7 Å². The van der Waals surface area contributed by atoms with Crippen LogP contribution in [0, 0.1) is 0 Å². The zero-order valence-corrected chi connectivity index (χ0v) is 14.2. The first-order valence-corrected chi connectivity index (χ1v) is 7.63. The van der Waals surface area contributed by atoms with Crippen molar-refractivity contribution >= 4 is 39.4 Å². The van der Waals surface area contributed by atoms with E-state index in [9.17, 15) is 14.7 Å². The van der Waals surface area contributed by atoms with Crippen LogP contribution in [0.3, 0.4) is 0 Å². The fraction of sp³-hybridized carbons (Fsp3) is 0.429. The maximum absolute atomic E-state index is 11.2. The summed E-state index contributed by atoms with van der Waals surface area (Å²) in [7, 11) is 0. The third-order valence-electron chi connectivity index (χ3n) is 3.05. The fourth-order valence-electron chi connectivity index (χ4n) is 1.81. The summed E-state index contributed by atoms with van der Waals surface area (Å²) in [6.45, 7) is 4.34. The third kappa shape index (κ3) is 6.03. The van der Waals surface area contributed by atoms with E-state index < -0.39 is 12.0 Å². The Hall–Kier alpha value is -1.11.